The maximum atomic E-state index is 3.66. The molecule has 1 saturated carbocycles. The van der Waals surface area contributed by atoms with Crippen molar-refractivity contribution in [2.45, 2.75) is 45.7 Å². The van der Waals surface area contributed by atoms with E-state index in [0.717, 1.165) is 25.6 Å². The first-order chi connectivity index (χ1) is 8.08. The van der Waals surface area contributed by atoms with Gasteiger partial charge in [-0.2, -0.15) is 0 Å². The molecule has 1 aliphatic rings. The zero-order valence-electron chi connectivity index (χ0n) is 12.4. The molecule has 0 radical (unpaired) electrons. The summed E-state index contributed by atoms with van der Waals surface area (Å²) < 4.78 is 0. The van der Waals surface area contributed by atoms with Crippen molar-refractivity contribution in [2.75, 3.05) is 40.3 Å². The van der Waals surface area contributed by atoms with Crippen LogP contribution in [0, 0.1) is 5.92 Å². The Morgan fingerprint density at radius 3 is 2.24 bits per heavy atom. The van der Waals surface area contributed by atoms with Crippen molar-refractivity contribution < 1.29 is 0 Å². The molecule has 3 heteroatoms. The van der Waals surface area contributed by atoms with Crippen LogP contribution in [-0.4, -0.2) is 62.2 Å². The molecule has 1 fully saturated rings. The minimum absolute atomic E-state index is 0.648. The minimum Gasteiger partial charge on any atom is -0.313 e. The molecule has 1 N–H and O–H groups in total. The van der Waals surface area contributed by atoms with Gasteiger partial charge in [0.05, 0.1) is 0 Å². The fourth-order valence-corrected chi connectivity index (χ4v) is 2.66. The molecule has 102 valence electrons. The lowest BCUT2D eigenvalue weighted by Gasteiger charge is -2.33. The summed E-state index contributed by atoms with van der Waals surface area (Å²) in [5.74, 6) is 0.940. The summed E-state index contributed by atoms with van der Waals surface area (Å²) in [4.78, 5) is 4.90. The van der Waals surface area contributed by atoms with Gasteiger partial charge in [-0.05, 0) is 52.9 Å². The first-order valence-corrected chi connectivity index (χ1v) is 7.20. The molecule has 0 aliphatic heterocycles. The molecule has 0 amide bonds. The van der Waals surface area contributed by atoms with Gasteiger partial charge >= 0.3 is 0 Å². The summed E-state index contributed by atoms with van der Waals surface area (Å²) in [5.41, 5.74) is 0. The molecule has 1 aliphatic carbocycles. The summed E-state index contributed by atoms with van der Waals surface area (Å²) in [7, 11) is 4.32. The zero-order valence-corrected chi connectivity index (χ0v) is 12.4. The van der Waals surface area contributed by atoms with E-state index in [1.54, 1.807) is 0 Å². The fourth-order valence-electron chi connectivity index (χ4n) is 2.66. The van der Waals surface area contributed by atoms with Gasteiger partial charge in [0.25, 0.3) is 0 Å². The Labute approximate surface area is 108 Å². The predicted molar refractivity (Wildman–Crippen MR) is 75.5 cm³/mol. The lowest BCUT2D eigenvalue weighted by atomic mass is 10.1. The molecule has 0 saturated heterocycles. The highest BCUT2D eigenvalue weighted by molar-refractivity contribution is 4.89. The maximum absolute atomic E-state index is 3.66. The molecule has 2 unspecified atom stereocenters. The molecule has 0 bridgehead atoms. The van der Waals surface area contributed by atoms with Crippen molar-refractivity contribution in [1.29, 1.82) is 0 Å². The number of hydrogen-bond acceptors (Lipinski definition) is 3. The monoisotopic (exact) mass is 241 g/mol. The molecule has 17 heavy (non-hydrogen) atoms. The highest BCUT2D eigenvalue weighted by Gasteiger charge is 2.32. The van der Waals surface area contributed by atoms with Gasteiger partial charge in [-0.25, -0.2) is 0 Å². The molecular weight excluding hydrogens is 210 g/mol. The van der Waals surface area contributed by atoms with Gasteiger partial charge in [-0.15, -0.1) is 0 Å². The predicted octanol–water partition coefficient (Wildman–Crippen LogP) is 1.65. The Morgan fingerprint density at radius 2 is 1.82 bits per heavy atom. The van der Waals surface area contributed by atoms with E-state index in [1.807, 2.05) is 0 Å². The molecule has 1 rings (SSSR count). The maximum Gasteiger partial charge on any atom is 0.0223 e. The Balaban J connectivity index is 2.42. The third-order valence-electron chi connectivity index (χ3n) is 3.75. The Kier molecular flexibility index (Phi) is 6.45. The lowest BCUT2D eigenvalue weighted by molar-refractivity contribution is 0.160. The molecular formula is C14H31N3. The van der Waals surface area contributed by atoms with Crippen LogP contribution in [0.3, 0.4) is 0 Å². The van der Waals surface area contributed by atoms with Gasteiger partial charge in [-0.3, -0.25) is 4.90 Å². The number of nitrogens with one attached hydrogen (secondary N) is 1. The molecule has 0 aromatic carbocycles. The third kappa shape index (κ3) is 5.36. The van der Waals surface area contributed by atoms with Crippen molar-refractivity contribution in [1.82, 2.24) is 15.1 Å². The van der Waals surface area contributed by atoms with Crippen LogP contribution in [0.5, 0.6) is 0 Å². The van der Waals surface area contributed by atoms with Crippen LogP contribution in [-0.2, 0) is 0 Å². The van der Waals surface area contributed by atoms with Gasteiger partial charge in [-0.1, -0.05) is 13.8 Å². The lowest BCUT2D eigenvalue weighted by Crippen LogP contribution is -2.48. The van der Waals surface area contributed by atoms with E-state index in [4.69, 9.17) is 0 Å². The van der Waals surface area contributed by atoms with Crippen LogP contribution >= 0.6 is 0 Å². The number of hydrogen-bond donors (Lipinski definition) is 1. The summed E-state index contributed by atoms with van der Waals surface area (Å²) in [6.45, 7) is 11.5. The van der Waals surface area contributed by atoms with Gasteiger partial charge in [0.15, 0.2) is 0 Å². The molecule has 2 atom stereocenters. The van der Waals surface area contributed by atoms with E-state index < -0.39 is 0 Å². The Hall–Kier alpha value is -0.120. The fraction of sp³-hybridized carbons (Fsp3) is 1.00. The average molecular weight is 241 g/mol. The largest absolute Gasteiger partial charge is 0.313 e. The van der Waals surface area contributed by atoms with Crippen molar-refractivity contribution in [2.24, 2.45) is 5.92 Å². The van der Waals surface area contributed by atoms with Gasteiger partial charge in [0.1, 0.15) is 0 Å². The van der Waals surface area contributed by atoms with E-state index in [-0.39, 0.29) is 0 Å². The van der Waals surface area contributed by atoms with Gasteiger partial charge in [0, 0.05) is 25.2 Å². The Bertz CT molecular complexity index is 202. The number of likely N-dealkylation sites (N-methyl/N-ethyl adjacent to an activating group) is 3. The summed E-state index contributed by atoms with van der Waals surface area (Å²) in [5, 5.41) is 3.66. The van der Waals surface area contributed by atoms with Crippen LogP contribution in [0.15, 0.2) is 0 Å². The smallest absolute Gasteiger partial charge is 0.0223 e. The second-order valence-corrected chi connectivity index (χ2v) is 5.70. The van der Waals surface area contributed by atoms with Crippen molar-refractivity contribution in [3.05, 3.63) is 0 Å². The van der Waals surface area contributed by atoms with Crippen molar-refractivity contribution in [3.63, 3.8) is 0 Å². The van der Waals surface area contributed by atoms with Crippen LogP contribution in [0.2, 0.25) is 0 Å². The average Bonchev–Trinajstić information content (AvgIpc) is 3.06. The quantitative estimate of drug-likeness (QED) is 0.662. The molecule has 0 aromatic heterocycles. The topological polar surface area (TPSA) is 18.5 Å². The highest BCUT2D eigenvalue weighted by atomic mass is 15.2. The van der Waals surface area contributed by atoms with E-state index in [9.17, 15) is 0 Å². The van der Waals surface area contributed by atoms with Crippen LogP contribution in [0.25, 0.3) is 0 Å². The summed E-state index contributed by atoms with van der Waals surface area (Å²) >= 11 is 0. The third-order valence-corrected chi connectivity index (χ3v) is 3.75. The highest BCUT2D eigenvalue weighted by Crippen LogP contribution is 2.33. The number of rotatable bonds is 9. The SMILES string of the molecule is CCNC(CN(CC)C(C)CN(C)C)C1CC1. The molecule has 0 spiro atoms. The van der Waals surface area contributed by atoms with Crippen LogP contribution < -0.4 is 5.32 Å². The van der Waals surface area contributed by atoms with Gasteiger partial charge < -0.3 is 10.2 Å². The summed E-state index contributed by atoms with van der Waals surface area (Å²) in [6.07, 6.45) is 2.86. The Morgan fingerprint density at radius 1 is 1.18 bits per heavy atom. The molecule has 0 aromatic rings. The summed E-state index contributed by atoms with van der Waals surface area (Å²) in [6, 6.07) is 1.36. The first kappa shape index (κ1) is 14.9. The van der Waals surface area contributed by atoms with Crippen LogP contribution in [0.4, 0.5) is 0 Å². The van der Waals surface area contributed by atoms with Crippen molar-refractivity contribution >= 4 is 0 Å². The normalized spacial score (nSPS) is 19.9. The second-order valence-electron chi connectivity index (χ2n) is 5.70. The van der Waals surface area contributed by atoms with Crippen molar-refractivity contribution in [3.8, 4) is 0 Å². The van der Waals surface area contributed by atoms with E-state index in [1.165, 1.54) is 19.4 Å². The molecule has 0 heterocycles. The van der Waals surface area contributed by atoms with Gasteiger partial charge in [0.2, 0.25) is 0 Å². The molecule has 3 nitrogen and oxygen atoms in total. The van der Waals surface area contributed by atoms with Crippen LogP contribution in [0.1, 0.15) is 33.6 Å². The van der Waals surface area contributed by atoms with E-state index in [0.29, 0.717) is 12.1 Å². The van der Waals surface area contributed by atoms with E-state index >= 15 is 0 Å². The van der Waals surface area contributed by atoms with E-state index in [2.05, 4.69) is 50.0 Å². The standard InChI is InChI=1S/C14H31N3/c1-6-15-14(13-8-9-13)11-17(7-2)12(3)10-16(4)5/h12-15H,6-11H2,1-5H3. The second kappa shape index (κ2) is 7.34. The zero-order chi connectivity index (χ0) is 12.8. The first-order valence-electron chi connectivity index (χ1n) is 7.20. The number of nitrogens with zero attached hydrogens (tertiary/aromatic N) is 2. The minimum atomic E-state index is 0.648.